The maximum Gasteiger partial charge on any atom is 0.279 e. The number of aldehydes is 1. The molecule has 0 saturated heterocycles. The molecule has 0 aliphatic carbocycles. The summed E-state index contributed by atoms with van der Waals surface area (Å²) < 4.78 is 1.12. The fraction of sp³-hybridized carbons (Fsp3) is 0.450. The van der Waals surface area contributed by atoms with E-state index in [1.807, 2.05) is 0 Å². The smallest absolute Gasteiger partial charge is 0.279 e. The van der Waals surface area contributed by atoms with E-state index in [-0.39, 0.29) is 11.5 Å². The molecule has 7 heteroatoms. The van der Waals surface area contributed by atoms with Gasteiger partial charge >= 0.3 is 0 Å². The topological polar surface area (TPSA) is 104 Å². The van der Waals surface area contributed by atoms with E-state index in [0.717, 1.165) is 17.5 Å². The summed E-state index contributed by atoms with van der Waals surface area (Å²) in [4.78, 5) is 34.5. The van der Waals surface area contributed by atoms with Crippen molar-refractivity contribution in [2.24, 2.45) is 5.92 Å². The summed E-state index contributed by atoms with van der Waals surface area (Å²) in [5.74, 6) is -0.139. The van der Waals surface area contributed by atoms with Gasteiger partial charge in [0.15, 0.2) is 6.29 Å². The molecule has 1 aromatic heterocycles. The molecule has 0 radical (unpaired) electrons. The van der Waals surface area contributed by atoms with Gasteiger partial charge < -0.3 is 10.4 Å². The summed E-state index contributed by atoms with van der Waals surface area (Å²) in [6.45, 7) is 4.27. The number of aromatic hydroxyl groups is 1. The van der Waals surface area contributed by atoms with Crippen molar-refractivity contribution in [2.45, 2.75) is 52.4 Å². The summed E-state index contributed by atoms with van der Waals surface area (Å²) in [7, 11) is 0. The lowest BCUT2D eigenvalue weighted by atomic mass is 9.99. The minimum Gasteiger partial charge on any atom is -0.493 e. The number of unbranched alkanes of at least 4 members (excludes halogenated alkanes) is 3. The molecule has 0 fully saturated rings. The predicted octanol–water partition coefficient (Wildman–Crippen LogP) is 3.62. The van der Waals surface area contributed by atoms with E-state index < -0.39 is 11.4 Å². The molecule has 3 N–H and O–H groups in total. The van der Waals surface area contributed by atoms with Crippen LogP contribution in [0.1, 0.15) is 62.7 Å². The lowest BCUT2D eigenvalue weighted by molar-refractivity contribution is -0.117. The van der Waals surface area contributed by atoms with Crippen LogP contribution >= 0.6 is 0 Å². The van der Waals surface area contributed by atoms with E-state index in [4.69, 9.17) is 0 Å². The first-order chi connectivity index (χ1) is 13.0. The van der Waals surface area contributed by atoms with Gasteiger partial charge in [-0.15, -0.1) is 0 Å². The summed E-state index contributed by atoms with van der Waals surface area (Å²) in [6, 6.07) is 6.62. The average molecular weight is 373 g/mol. The standard InChI is InChI=1S/C20H27N3O4/c1-3-4-5-6-7-14(2)12-18(25)21-15-8-10-16(11-9-15)23-20(27)17(13-24)19(26)22-23/h8-11,13-14,27H,3-7,12H2,1-2H3,(H,21,25)(H,22,26). The lowest BCUT2D eigenvalue weighted by Gasteiger charge is -2.12. The molecule has 1 unspecified atom stereocenters. The number of carbonyl (C=O) groups is 2. The molecular weight excluding hydrogens is 346 g/mol. The summed E-state index contributed by atoms with van der Waals surface area (Å²) in [5.41, 5.74) is 0.125. The Morgan fingerprint density at radius 1 is 1.26 bits per heavy atom. The zero-order valence-corrected chi connectivity index (χ0v) is 15.8. The van der Waals surface area contributed by atoms with Gasteiger partial charge in [0, 0.05) is 12.1 Å². The van der Waals surface area contributed by atoms with E-state index in [2.05, 4.69) is 24.3 Å². The molecule has 0 aliphatic heterocycles. The third kappa shape index (κ3) is 5.57. The quantitative estimate of drug-likeness (QED) is 0.437. The first-order valence-electron chi connectivity index (χ1n) is 9.35. The van der Waals surface area contributed by atoms with Gasteiger partial charge in [0.05, 0.1) is 5.69 Å². The molecule has 7 nitrogen and oxygen atoms in total. The van der Waals surface area contributed by atoms with Crippen LogP contribution in [0.5, 0.6) is 5.88 Å². The van der Waals surface area contributed by atoms with E-state index in [9.17, 15) is 19.5 Å². The van der Waals surface area contributed by atoms with Crippen molar-refractivity contribution in [3.05, 3.63) is 40.2 Å². The van der Waals surface area contributed by atoms with Gasteiger partial charge in [-0.1, -0.05) is 46.0 Å². The Labute approximate surface area is 158 Å². The number of rotatable bonds is 10. The van der Waals surface area contributed by atoms with Crippen molar-refractivity contribution in [2.75, 3.05) is 5.32 Å². The molecule has 1 amide bonds. The fourth-order valence-electron chi connectivity index (χ4n) is 2.97. The Morgan fingerprint density at radius 2 is 1.96 bits per heavy atom. The molecule has 1 aromatic carbocycles. The number of aromatic nitrogens is 2. The van der Waals surface area contributed by atoms with Gasteiger partial charge in [0.1, 0.15) is 5.56 Å². The highest BCUT2D eigenvalue weighted by Gasteiger charge is 2.14. The SMILES string of the molecule is CCCCCCC(C)CC(=O)Nc1ccc(-n2[nH]c(=O)c(C=O)c2O)cc1. The Morgan fingerprint density at radius 3 is 2.56 bits per heavy atom. The lowest BCUT2D eigenvalue weighted by Crippen LogP contribution is -2.15. The Hall–Kier alpha value is -2.83. The monoisotopic (exact) mass is 373 g/mol. The number of aromatic amines is 1. The van der Waals surface area contributed by atoms with E-state index >= 15 is 0 Å². The molecule has 1 atom stereocenters. The molecule has 0 saturated carbocycles. The molecule has 1 heterocycles. The second-order valence-corrected chi connectivity index (χ2v) is 6.89. The molecule has 0 bridgehead atoms. The number of nitrogens with one attached hydrogen (secondary N) is 2. The van der Waals surface area contributed by atoms with Crippen molar-refractivity contribution in [3.63, 3.8) is 0 Å². The zero-order valence-electron chi connectivity index (χ0n) is 15.8. The van der Waals surface area contributed by atoms with Crippen molar-refractivity contribution < 1.29 is 14.7 Å². The van der Waals surface area contributed by atoms with Crippen molar-refractivity contribution >= 4 is 17.9 Å². The summed E-state index contributed by atoms with van der Waals surface area (Å²) >= 11 is 0. The van der Waals surface area contributed by atoms with Crippen LogP contribution in [0.2, 0.25) is 0 Å². The average Bonchev–Trinajstić information content (AvgIpc) is 2.93. The maximum absolute atomic E-state index is 12.2. The summed E-state index contributed by atoms with van der Waals surface area (Å²) in [6.07, 6.45) is 6.64. The number of carbonyl (C=O) groups excluding carboxylic acids is 2. The Kier molecular flexibility index (Phi) is 7.40. The highest BCUT2D eigenvalue weighted by molar-refractivity contribution is 5.90. The van der Waals surface area contributed by atoms with Gasteiger partial charge in [0.2, 0.25) is 11.8 Å². The fourth-order valence-corrected chi connectivity index (χ4v) is 2.97. The normalized spacial score (nSPS) is 11.9. The van der Waals surface area contributed by atoms with E-state index in [1.165, 1.54) is 19.3 Å². The van der Waals surface area contributed by atoms with Crippen LogP contribution in [0.3, 0.4) is 0 Å². The van der Waals surface area contributed by atoms with Gasteiger partial charge in [-0.2, -0.15) is 0 Å². The molecule has 27 heavy (non-hydrogen) atoms. The highest BCUT2D eigenvalue weighted by atomic mass is 16.3. The molecule has 0 aliphatic rings. The number of hydrogen-bond acceptors (Lipinski definition) is 4. The van der Waals surface area contributed by atoms with Gasteiger partial charge in [0.25, 0.3) is 5.56 Å². The second-order valence-electron chi connectivity index (χ2n) is 6.89. The van der Waals surface area contributed by atoms with Crippen LogP contribution in [0, 0.1) is 5.92 Å². The van der Waals surface area contributed by atoms with Crippen LogP contribution in [0.15, 0.2) is 29.1 Å². The van der Waals surface area contributed by atoms with Crippen LogP contribution in [-0.2, 0) is 4.79 Å². The van der Waals surface area contributed by atoms with Crippen molar-refractivity contribution in [1.29, 1.82) is 0 Å². The highest BCUT2D eigenvalue weighted by Crippen LogP contribution is 2.20. The van der Waals surface area contributed by atoms with E-state index in [0.29, 0.717) is 30.0 Å². The van der Waals surface area contributed by atoms with Gasteiger partial charge in [-0.05, 0) is 30.2 Å². The third-order valence-electron chi connectivity index (χ3n) is 4.52. The Balaban J connectivity index is 1.93. The minimum absolute atomic E-state index is 0.0359. The minimum atomic E-state index is -0.659. The first-order valence-corrected chi connectivity index (χ1v) is 9.35. The first kappa shape index (κ1) is 20.5. The van der Waals surface area contributed by atoms with Crippen LogP contribution in [-0.4, -0.2) is 27.1 Å². The second kappa shape index (κ2) is 9.75. The maximum atomic E-state index is 12.2. The summed E-state index contributed by atoms with van der Waals surface area (Å²) in [5, 5.41) is 15.2. The number of amides is 1. The molecule has 2 rings (SSSR count). The number of anilines is 1. The molecule has 2 aromatic rings. The van der Waals surface area contributed by atoms with E-state index in [1.54, 1.807) is 24.3 Å². The molecule has 0 spiro atoms. The Bertz CT molecular complexity index is 821. The number of H-pyrrole nitrogens is 1. The van der Waals surface area contributed by atoms with Crippen molar-refractivity contribution in [1.82, 2.24) is 9.78 Å². The third-order valence-corrected chi connectivity index (χ3v) is 4.52. The van der Waals surface area contributed by atoms with Crippen LogP contribution < -0.4 is 10.9 Å². The van der Waals surface area contributed by atoms with Gasteiger partial charge in [-0.3, -0.25) is 19.5 Å². The molecular formula is C20H27N3O4. The van der Waals surface area contributed by atoms with Gasteiger partial charge in [-0.25, -0.2) is 4.68 Å². The zero-order chi connectivity index (χ0) is 19.8. The number of hydrogen-bond donors (Lipinski definition) is 3. The predicted molar refractivity (Wildman–Crippen MR) is 105 cm³/mol. The van der Waals surface area contributed by atoms with Crippen LogP contribution in [0.4, 0.5) is 5.69 Å². The largest absolute Gasteiger partial charge is 0.493 e. The van der Waals surface area contributed by atoms with Crippen molar-refractivity contribution in [3.8, 4) is 11.6 Å². The number of benzene rings is 1. The number of nitrogens with zero attached hydrogens (tertiary/aromatic N) is 1. The van der Waals surface area contributed by atoms with Crippen LogP contribution in [0.25, 0.3) is 5.69 Å². The molecule has 146 valence electrons.